The van der Waals surface area contributed by atoms with E-state index in [-0.39, 0.29) is 5.03 Å². The fraction of sp³-hybridized carbons (Fsp3) is 0. The molecule has 1 aromatic carbocycles. The third-order valence-electron chi connectivity index (χ3n) is 3.24. The molecule has 9 heteroatoms. The maximum Gasteiger partial charge on any atom is 0.280 e. The van der Waals surface area contributed by atoms with Gasteiger partial charge in [-0.15, -0.1) is 11.3 Å². The number of nitrogens with zero attached hydrogens (tertiary/aromatic N) is 2. The van der Waals surface area contributed by atoms with E-state index in [1.165, 1.54) is 11.3 Å². The van der Waals surface area contributed by atoms with Crippen molar-refractivity contribution in [2.45, 2.75) is 5.03 Å². The number of thiazole rings is 1. The van der Waals surface area contributed by atoms with E-state index in [9.17, 15) is 8.42 Å². The Balaban J connectivity index is 1.80. The lowest BCUT2D eigenvalue weighted by molar-refractivity contribution is 0.596. The van der Waals surface area contributed by atoms with E-state index < -0.39 is 10.0 Å². The van der Waals surface area contributed by atoms with E-state index in [2.05, 4.69) is 30.6 Å². The summed E-state index contributed by atoms with van der Waals surface area (Å²) >= 11 is 4.60. The van der Waals surface area contributed by atoms with E-state index in [1.54, 1.807) is 28.1 Å². The zero-order valence-electron chi connectivity index (χ0n) is 10.9. The van der Waals surface area contributed by atoms with Crippen molar-refractivity contribution in [1.29, 1.82) is 0 Å². The highest BCUT2D eigenvalue weighted by atomic mass is 79.9. The van der Waals surface area contributed by atoms with Gasteiger partial charge in [0.25, 0.3) is 10.0 Å². The van der Waals surface area contributed by atoms with Crippen molar-refractivity contribution in [2.24, 2.45) is 0 Å². The highest BCUT2D eigenvalue weighted by Crippen LogP contribution is 2.28. The van der Waals surface area contributed by atoms with Gasteiger partial charge in [0.2, 0.25) is 0 Å². The maximum atomic E-state index is 12.7. The van der Waals surface area contributed by atoms with Gasteiger partial charge in [-0.3, -0.25) is 9.12 Å². The Kier molecular flexibility index (Phi) is 3.03. The van der Waals surface area contributed by atoms with Gasteiger partial charge in [0.05, 0.1) is 0 Å². The van der Waals surface area contributed by atoms with Gasteiger partial charge in [-0.1, -0.05) is 0 Å². The number of hydrogen-bond donors (Lipinski definition) is 2. The Morgan fingerprint density at radius 3 is 3.05 bits per heavy atom. The third kappa shape index (κ3) is 2.13. The number of fused-ring (bicyclic) bond motifs is 2. The fourth-order valence-electron chi connectivity index (χ4n) is 2.30. The molecule has 0 spiro atoms. The van der Waals surface area contributed by atoms with Crippen LogP contribution in [0, 0.1) is 0 Å². The van der Waals surface area contributed by atoms with Gasteiger partial charge in [0.1, 0.15) is 4.60 Å². The smallest absolute Gasteiger partial charge is 0.280 e. The summed E-state index contributed by atoms with van der Waals surface area (Å²) in [6.07, 6.45) is 3.49. The first-order valence-electron chi connectivity index (χ1n) is 6.26. The Bertz CT molecular complexity index is 1090. The van der Waals surface area contributed by atoms with Crippen molar-refractivity contribution in [3.63, 3.8) is 0 Å². The number of benzene rings is 1. The van der Waals surface area contributed by atoms with Gasteiger partial charge in [-0.2, -0.15) is 8.42 Å². The minimum Gasteiger partial charge on any atom is -0.361 e. The first-order valence-corrected chi connectivity index (χ1v) is 9.41. The molecule has 22 heavy (non-hydrogen) atoms. The lowest BCUT2D eigenvalue weighted by Crippen LogP contribution is -2.15. The van der Waals surface area contributed by atoms with E-state index in [0.29, 0.717) is 15.3 Å². The Labute approximate surface area is 138 Å². The van der Waals surface area contributed by atoms with E-state index in [1.807, 2.05) is 18.3 Å². The molecule has 0 aliphatic heterocycles. The normalized spacial score (nSPS) is 12.2. The number of hydrogen-bond acceptors (Lipinski definition) is 4. The monoisotopic (exact) mass is 396 g/mol. The summed E-state index contributed by atoms with van der Waals surface area (Å²) in [4.78, 5) is 7.89. The standard InChI is InChI=1S/C13H9BrN4O2S2/c14-11-12(18-5-6-21-13(18)16-11)22(19,20)17-9-1-2-10-8(7-9)3-4-15-10/h1-7,15,17H. The molecule has 6 nitrogen and oxygen atoms in total. The molecular weight excluding hydrogens is 388 g/mol. The maximum absolute atomic E-state index is 12.7. The van der Waals surface area contributed by atoms with Gasteiger partial charge >= 0.3 is 0 Å². The molecule has 0 saturated carbocycles. The molecule has 112 valence electrons. The summed E-state index contributed by atoms with van der Waals surface area (Å²) in [5.41, 5.74) is 1.46. The molecular formula is C13H9BrN4O2S2. The molecule has 0 radical (unpaired) electrons. The molecule has 0 atom stereocenters. The van der Waals surface area contributed by atoms with Crippen LogP contribution < -0.4 is 4.72 Å². The Morgan fingerprint density at radius 1 is 1.32 bits per heavy atom. The quantitative estimate of drug-likeness (QED) is 0.556. The molecule has 0 fully saturated rings. The van der Waals surface area contributed by atoms with Crippen LogP contribution in [0.5, 0.6) is 0 Å². The molecule has 0 saturated heterocycles. The summed E-state index contributed by atoms with van der Waals surface area (Å²) in [5, 5.41) is 2.82. The highest BCUT2D eigenvalue weighted by molar-refractivity contribution is 9.10. The molecule has 0 bridgehead atoms. The second-order valence-corrected chi connectivity index (χ2v) is 7.87. The van der Waals surface area contributed by atoms with Crippen LogP contribution in [-0.2, 0) is 10.0 Å². The second-order valence-electron chi connectivity index (χ2n) is 4.65. The lowest BCUT2D eigenvalue weighted by atomic mass is 10.2. The summed E-state index contributed by atoms with van der Waals surface area (Å²) in [5.74, 6) is 0. The van der Waals surface area contributed by atoms with Gasteiger partial charge in [0.15, 0.2) is 9.99 Å². The fourth-order valence-corrected chi connectivity index (χ4v) is 5.39. The SMILES string of the molecule is O=S(=O)(Nc1ccc2[nH]ccc2c1)c1c(Br)nc2sccn12. The van der Waals surface area contributed by atoms with Crippen molar-refractivity contribution in [1.82, 2.24) is 14.4 Å². The zero-order chi connectivity index (χ0) is 15.3. The number of rotatable bonds is 3. The van der Waals surface area contributed by atoms with Gasteiger partial charge in [0, 0.05) is 34.4 Å². The molecule has 0 amide bonds. The van der Waals surface area contributed by atoms with Gasteiger partial charge < -0.3 is 4.98 Å². The van der Waals surface area contributed by atoms with E-state index in [0.717, 1.165) is 10.9 Å². The predicted molar refractivity (Wildman–Crippen MR) is 89.9 cm³/mol. The molecule has 4 rings (SSSR count). The number of aromatic amines is 1. The number of sulfonamides is 1. The molecule has 2 N–H and O–H groups in total. The molecule has 4 aromatic rings. The molecule has 0 unspecified atom stereocenters. The average molecular weight is 397 g/mol. The van der Waals surface area contributed by atoms with Crippen LogP contribution in [0.3, 0.4) is 0 Å². The van der Waals surface area contributed by atoms with Crippen molar-refractivity contribution < 1.29 is 8.42 Å². The number of imidazole rings is 1. The van der Waals surface area contributed by atoms with Crippen molar-refractivity contribution in [3.05, 3.63) is 46.6 Å². The number of anilines is 1. The number of nitrogens with one attached hydrogen (secondary N) is 2. The lowest BCUT2D eigenvalue weighted by Gasteiger charge is -2.07. The van der Waals surface area contributed by atoms with Gasteiger partial charge in [-0.05, 0) is 40.2 Å². The minimum atomic E-state index is -3.75. The van der Waals surface area contributed by atoms with Crippen molar-refractivity contribution in [3.8, 4) is 0 Å². The highest BCUT2D eigenvalue weighted by Gasteiger charge is 2.24. The molecule has 3 aromatic heterocycles. The van der Waals surface area contributed by atoms with Crippen molar-refractivity contribution in [2.75, 3.05) is 4.72 Å². The summed E-state index contributed by atoms with van der Waals surface area (Å²) in [6, 6.07) is 7.22. The summed E-state index contributed by atoms with van der Waals surface area (Å²) < 4.78 is 29.8. The van der Waals surface area contributed by atoms with Crippen molar-refractivity contribution >= 4 is 58.8 Å². The minimum absolute atomic E-state index is 0.0953. The molecule has 3 heterocycles. The second kappa shape index (κ2) is 4.83. The summed E-state index contributed by atoms with van der Waals surface area (Å²) in [6.45, 7) is 0. The largest absolute Gasteiger partial charge is 0.361 e. The van der Waals surface area contributed by atoms with E-state index >= 15 is 0 Å². The summed E-state index contributed by atoms with van der Waals surface area (Å²) in [7, 11) is -3.75. The first kappa shape index (κ1) is 13.8. The topological polar surface area (TPSA) is 79.3 Å². The molecule has 0 aliphatic carbocycles. The first-order chi connectivity index (χ1) is 10.5. The molecule has 0 aliphatic rings. The number of halogens is 1. The van der Waals surface area contributed by atoms with Crippen LogP contribution in [0.1, 0.15) is 0 Å². The number of aromatic nitrogens is 3. The predicted octanol–water partition coefficient (Wildman–Crippen LogP) is 3.44. The van der Waals surface area contributed by atoms with E-state index in [4.69, 9.17) is 0 Å². The Hall–Kier alpha value is -1.84. The average Bonchev–Trinajstić information content (AvgIpc) is 3.11. The Morgan fingerprint density at radius 2 is 2.18 bits per heavy atom. The van der Waals surface area contributed by atoms with Gasteiger partial charge in [-0.25, -0.2) is 4.98 Å². The van der Waals surface area contributed by atoms with Crippen LogP contribution in [0.2, 0.25) is 0 Å². The third-order valence-corrected chi connectivity index (χ3v) is 6.21. The van der Waals surface area contributed by atoms with Crippen LogP contribution in [0.15, 0.2) is 51.7 Å². The van der Waals surface area contributed by atoms with Crippen LogP contribution in [0.25, 0.3) is 15.9 Å². The number of H-pyrrole nitrogens is 1. The zero-order valence-corrected chi connectivity index (χ0v) is 14.2. The van der Waals surface area contributed by atoms with Crippen LogP contribution in [-0.4, -0.2) is 22.8 Å². The van der Waals surface area contributed by atoms with Crippen LogP contribution >= 0.6 is 27.3 Å². The van der Waals surface area contributed by atoms with Crippen LogP contribution in [0.4, 0.5) is 5.69 Å².